The number of hydrogen-bond acceptors (Lipinski definition) is 3. The molecule has 0 bridgehead atoms. The summed E-state index contributed by atoms with van der Waals surface area (Å²) in [6, 6.07) is 6.64. The van der Waals surface area contributed by atoms with Crippen LogP contribution in [0.3, 0.4) is 0 Å². The summed E-state index contributed by atoms with van der Waals surface area (Å²) >= 11 is 0. The summed E-state index contributed by atoms with van der Waals surface area (Å²) in [7, 11) is 0. The second-order valence-electron chi connectivity index (χ2n) is 4.75. The third kappa shape index (κ3) is 4.04. The van der Waals surface area contributed by atoms with Crippen molar-refractivity contribution in [3.63, 3.8) is 0 Å². The van der Waals surface area contributed by atoms with Gasteiger partial charge in [-0.3, -0.25) is 4.79 Å². The fourth-order valence-electron chi connectivity index (χ4n) is 2.25. The Morgan fingerprint density at radius 3 is 2.78 bits per heavy atom. The Hall–Kier alpha value is -1.55. The predicted octanol–water partition coefficient (Wildman–Crippen LogP) is 2.21. The van der Waals surface area contributed by atoms with Crippen LogP contribution in [-0.2, 0) is 4.79 Å². The Bertz CT molecular complexity index is 401. The van der Waals surface area contributed by atoms with Crippen LogP contribution >= 0.6 is 0 Å². The third-order valence-corrected chi connectivity index (χ3v) is 3.23. The number of carbonyl (C=O) groups excluding carboxylic acids is 1. The van der Waals surface area contributed by atoms with Gasteiger partial charge in [0.25, 0.3) is 0 Å². The van der Waals surface area contributed by atoms with E-state index in [9.17, 15) is 9.90 Å². The van der Waals surface area contributed by atoms with Crippen LogP contribution < -0.4 is 5.32 Å². The minimum Gasteiger partial charge on any atom is -0.508 e. The van der Waals surface area contributed by atoms with Gasteiger partial charge in [0.05, 0.1) is 0 Å². The molecule has 0 radical (unpaired) electrons. The zero-order chi connectivity index (χ0) is 12.8. The van der Waals surface area contributed by atoms with Crippen LogP contribution in [-0.4, -0.2) is 35.5 Å². The average molecular weight is 248 g/mol. The van der Waals surface area contributed by atoms with Crippen LogP contribution in [0.25, 0.3) is 0 Å². The maximum Gasteiger partial charge on any atom is 0.225 e. The minimum absolute atomic E-state index is 0.00572. The third-order valence-electron chi connectivity index (χ3n) is 3.23. The Balaban J connectivity index is 1.74. The number of aromatic hydroxyl groups is 1. The van der Waals surface area contributed by atoms with Crippen molar-refractivity contribution in [1.29, 1.82) is 0 Å². The van der Waals surface area contributed by atoms with Crippen LogP contribution in [0.4, 0.5) is 5.69 Å². The lowest BCUT2D eigenvalue weighted by molar-refractivity contribution is -0.116. The zero-order valence-corrected chi connectivity index (χ0v) is 10.6. The van der Waals surface area contributed by atoms with Crippen LogP contribution in [0.1, 0.15) is 25.7 Å². The van der Waals surface area contributed by atoms with Crippen molar-refractivity contribution < 1.29 is 9.90 Å². The number of nitrogens with one attached hydrogen (secondary N) is 1. The van der Waals surface area contributed by atoms with E-state index in [1.165, 1.54) is 19.3 Å². The van der Waals surface area contributed by atoms with Gasteiger partial charge in [0.1, 0.15) is 5.75 Å². The first-order valence-corrected chi connectivity index (χ1v) is 6.55. The SMILES string of the molecule is O=C(CCN1CCCCC1)Nc1cccc(O)c1. The number of anilines is 1. The predicted molar refractivity (Wildman–Crippen MR) is 71.6 cm³/mol. The van der Waals surface area contributed by atoms with Gasteiger partial charge in [0.2, 0.25) is 5.91 Å². The largest absolute Gasteiger partial charge is 0.508 e. The summed E-state index contributed by atoms with van der Waals surface area (Å²) in [5.74, 6) is 0.176. The lowest BCUT2D eigenvalue weighted by Gasteiger charge is -2.25. The lowest BCUT2D eigenvalue weighted by atomic mass is 10.1. The summed E-state index contributed by atoms with van der Waals surface area (Å²) in [6.45, 7) is 3.05. The van der Waals surface area contributed by atoms with Gasteiger partial charge in [-0.2, -0.15) is 0 Å². The standard InChI is InChI=1S/C14H20N2O2/c17-13-6-4-5-12(11-13)15-14(18)7-10-16-8-2-1-3-9-16/h4-6,11,17H,1-3,7-10H2,(H,15,18). The Morgan fingerprint density at radius 2 is 2.06 bits per heavy atom. The number of benzene rings is 1. The van der Waals surface area contributed by atoms with Gasteiger partial charge < -0.3 is 15.3 Å². The van der Waals surface area contributed by atoms with E-state index in [1.54, 1.807) is 24.3 Å². The summed E-state index contributed by atoms with van der Waals surface area (Å²) in [5, 5.41) is 12.1. The van der Waals surface area contributed by atoms with Gasteiger partial charge in [0, 0.05) is 24.7 Å². The molecule has 1 aromatic rings. The number of carbonyl (C=O) groups is 1. The van der Waals surface area contributed by atoms with E-state index < -0.39 is 0 Å². The fourth-order valence-corrected chi connectivity index (χ4v) is 2.25. The first-order valence-electron chi connectivity index (χ1n) is 6.55. The van der Waals surface area contributed by atoms with Crippen molar-refractivity contribution in [2.75, 3.05) is 25.0 Å². The van der Waals surface area contributed by atoms with Crippen molar-refractivity contribution >= 4 is 11.6 Å². The number of amides is 1. The summed E-state index contributed by atoms with van der Waals surface area (Å²) in [6.07, 6.45) is 4.31. The monoisotopic (exact) mass is 248 g/mol. The lowest BCUT2D eigenvalue weighted by Crippen LogP contribution is -2.32. The number of nitrogens with zero attached hydrogens (tertiary/aromatic N) is 1. The van der Waals surface area contributed by atoms with Crippen LogP contribution in [0, 0.1) is 0 Å². The summed E-state index contributed by atoms with van der Waals surface area (Å²) in [4.78, 5) is 14.1. The number of phenols is 1. The Kier molecular flexibility index (Phi) is 4.59. The number of piperidine rings is 1. The van der Waals surface area contributed by atoms with Crippen LogP contribution in [0.5, 0.6) is 5.75 Å². The Morgan fingerprint density at radius 1 is 1.28 bits per heavy atom. The first-order chi connectivity index (χ1) is 8.74. The second-order valence-corrected chi connectivity index (χ2v) is 4.75. The molecule has 1 heterocycles. The highest BCUT2D eigenvalue weighted by Crippen LogP contribution is 2.15. The maximum atomic E-state index is 11.7. The summed E-state index contributed by atoms with van der Waals surface area (Å²) in [5.41, 5.74) is 0.652. The van der Waals surface area contributed by atoms with Gasteiger partial charge >= 0.3 is 0 Å². The molecule has 1 saturated heterocycles. The number of hydrogen-bond donors (Lipinski definition) is 2. The van der Waals surface area contributed by atoms with E-state index in [4.69, 9.17) is 0 Å². The molecule has 1 fully saturated rings. The number of likely N-dealkylation sites (tertiary alicyclic amines) is 1. The number of rotatable bonds is 4. The molecule has 0 unspecified atom stereocenters. The Labute approximate surface area is 108 Å². The molecule has 0 aliphatic carbocycles. The topological polar surface area (TPSA) is 52.6 Å². The van der Waals surface area contributed by atoms with Crippen molar-refractivity contribution in [3.05, 3.63) is 24.3 Å². The van der Waals surface area contributed by atoms with Gasteiger partial charge in [0.15, 0.2) is 0 Å². The molecule has 1 aromatic carbocycles. The molecule has 0 saturated carbocycles. The second kappa shape index (κ2) is 6.40. The summed E-state index contributed by atoms with van der Waals surface area (Å²) < 4.78 is 0. The van der Waals surface area contributed by atoms with Crippen molar-refractivity contribution in [1.82, 2.24) is 4.90 Å². The van der Waals surface area contributed by atoms with E-state index in [-0.39, 0.29) is 11.7 Å². The van der Waals surface area contributed by atoms with E-state index >= 15 is 0 Å². The van der Waals surface area contributed by atoms with E-state index in [2.05, 4.69) is 10.2 Å². The molecule has 1 amide bonds. The molecular formula is C14H20N2O2. The molecule has 2 rings (SSSR count). The molecule has 18 heavy (non-hydrogen) atoms. The van der Waals surface area contributed by atoms with E-state index in [1.807, 2.05) is 0 Å². The first kappa shape index (κ1) is 12.9. The van der Waals surface area contributed by atoms with Gasteiger partial charge in [-0.15, -0.1) is 0 Å². The molecule has 0 spiro atoms. The van der Waals surface area contributed by atoms with Crippen molar-refractivity contribution in [2.45, 2.75) is 25.7 Å². The molecule has 0 atom stereocenters. The molecule has 98 valence electrons. The molecule has 0 aromatic heterocycles. The highest BCUT2D eigenvalue weighted by molar-refractivity contribution is 5.90. The van der Waals surface area contributed by atoms with Crippen molar-refractivity contribution in [3.8, 4) is 5.75 Å². The number of phenolic OH excluding ortho intramolecular Hbond substituents is 1. The fraction of sp³-hybridized carbons (Fsp3) is 0.500. The highest BCUT2D eigenvalue weighted by atomic mass is 16.3. The van der Waals surface area contributed by atoms with Crippen molar-refractivity contribution in [2.24, 2.45) is 0 Å². The van der Waals surface area contributed by atoms with Gasteiger partial charge in [-0.25, -0.2) is 0 Å². The molecule has 4 nitrogen and oxygen atoms in total. The van der Waals surface area contributed by atoms with Gasteiger partial charge in [-0.05, 0) is 38.1 Å². The van der Waals surface area contributed by atoms with E-state index in [0.717, 1.165) is 19.6 Å². The molecule has 1 aliphatic heterocycles. The normalized spacial score (nSPS) is 16.4. The average Bonchev–Trinajstić information content (AvgIpc) is 2.38. The molecule has 2 N–H and O–H groups in total. The highest BCUT2D eigenvalue weighted by Gasteiger charge is 2.11. The van der Waals surface area contributed by atoms with E-state index in [0.29, 0.717) is 12.1 Å². The maximum absolute atomic E-state index is 11.7. The quantitative estimate of drug-likeness (QED) is 0.859. The minimum atomic E-state index is 0.00572. The molecule has 1 aliphatic rings. The van der Waals surface area contributed by atoms with Crippen LogP contribution in [0.2, 0.25) is 0 Å². The van der Waals surface area contributed by atoms with Gasteiger partial charge in [-0.1, -0.05) is 12.5 Å². The smallest absolute Gasteiger partial charge is 0.225 e. The van der Waals surface area contributed by atoms with Crippen LogP contribution in [0.15, 0.2) is 24.3 Å². The molecular weight excluding hydrogens is 228 g/mol. The molecule has 4 heteroatoms. The zero-order valence-electron chi connectivity index (χ0n) is 10.6.